The van der Waals surface area contributed by atoms with E-state index in [0.717, 1.165) is 31.2 Å². The van der Waals surface area contributed by atoms with Crippen LogP contribution in [0.1, 0.15) is 34.1 Å². The molecule has 3 atom stereocenters. The first-order valence-corrected chi connectivity index (χ1v) is 6.97. The fraction of sp³-hybridized carbons (Fsp3) is 0.769. The van der Waals surface area contributed by atoms with Gasteiger partial charge in [0.15, 0.2) is 0 Å². The van der Waals surface area contributed by atoms with E-state index in [1.807, 2.05) is 6.92 Å². The predicted octanol–water partition coefficient (Wildman–Crippen LogP) is 0.447. The smallest absolute Gasteiger partial charge is 0.208 e. The highest BCUT2D eigenvalue weighted by Crippen LogP contribution is 2.16. The standard InChI is InChI=1S/C13H25N5O/c1-8(2)12(19-11-5-6-14-7-11)9(3)15-13-16-10(4)17-18-13/h9-11,14,17H,5-7H2,1-4H3,(H2,15,16,18)/t9?,10?,11-/m1/s1. The Balaban J connectivity index is 1.94. The van der Waals surface area contributed by atoms with E-state index >= 15 is 0 Å². The number of nitrogens with zero attached hydrogens (tertiary/aromatic N) is 1. The van der Waals surface area contributed by atoms with Crippen LogP contribution in [0.3, 0.4) is 0 Å². The van der Waals surface area contributed by atoms with Crippen molar-refractivity contribution in [3.05, 3.63) is 11.3 Å². The van der Waals surface area contributed by atoms with Crippen LogP contribution in [-0.2, 0) is 4.74 Å². The van der Waals surface area contributed by atoms with Crippen LogP contribution in [-0.4, -0.2) is 37.4 Å². The number of hydrogen-bond acceptors (Lipinski definition) is 6. The van der Waals surface area contributed by atoms with E-state index in [9.17, 15) is 0 Å². The van der Waals surface area contributed by atoms with E-state index in [0.29, 0.717) is 0 Å². The Morgan fingerprint density at radius 2 is 2.26 bits per heavy atom. The first kappa shape index (κ1) is 14.1. The van der Waals surface area contributed by atoms with Crippen LogP contribution >= 0.6 is 0 Å². The van der Waals surface area contributed by atoms with Crippen molar-refractivity contribution in [2.24, 2.45) is 4.99 Å². The fourth-order valence-corrected chi connectivity index (χ4v) is 2.34. The number of nitrogens with one attached hydrogen (secondary N) is 4. The molecule has 19 heavy (non-hydrogen) atoms. The molecule has 6 heteroatoms. The zero-order valence-electron chi connectivity index (χ0n) is 12.2. The Morgan fingerprint density at radius 1 is 1.47 bits per heavy atom. The molecule has 2 aliphatic rings. The van der Waals surface area contributed by atoms with Gasteiger partial charge in [0.05, 0.1) is 6.04 Å². The van der Waals surface area contributed by atoms with Crippen LogP contribution in [0, 0.1) is 0 Å². The largest absolute Gasteiger partial charge is 0.491 e. The third-order valence-electron chi connectivity index (χ3n) is 3.27. The number of rotatable bonds is 4. The average molecular weight is 267 g/mol. The van der Waals surface area contributed by atoms with E-state index in [4.69, 9.17) is 4.74 Å². The topological polar surface area (TPSA) is 69.7 Å². The second-order valence-electron chi connectivity index (χ2n) is 5.39. The third-order valence-corrected chi connectivity index (χ3v) is 3.27. The first-order chi connectivity index (χ1) is 9.06. The summed E-state index contributed by atoms with van der Waals surface area (Å²) in [5.74, 6) is 1.78. The van der Waals surface area contributed by atoms with E-state index in [-0.39, 0.29) is 18.3 Å². The lowest BCUT2D eigenvalue weighted by Crippen LogP contribution is -2.45. The molecule has 0 radical (unpaired) electrons. The molecule has 1 fully saturated rings. The van der Waals surface area contributed by atoms with Crippen LogP contribution in [0.2, 0.25) is 0 Å². The van der Waals surface area contributed by atoms with Crippen LogP contribution in [0.4, 0.5) is 0 Å². The number of hydrogen-bond donors (Lipinski definition) is 4. The molecule has 0 aromatic carbocycles. The van der Waals surface area contributed by atoms with E-state index in [1.165, 1.54) is 5.57 Å². The van der Waals surface area contributed by atoms with E-state index < -0.39 is 0 Å². The Labute approximate surface area is 115 Å². The van der Waals surface area contributed by atoms with Gasteiger partial charge in [-0.15, -0.1) is 0 Å². The summed E-state index contributed by atoms with van der Waals surface area (Å²) < 4.78 is 6.12. The van der Waals surface area contributed by atoms with Crippen molar-refractivity contribution in [1.82, 2.24) is 21.5 Å². The zero-order valence-corrected chi connectivity index (χ0v) is 12.2. The maximum Gasteiger partial charge on any atom is 0.208 e. The minimum Gasteiger partial charge on any atom is -0.491 e. The van der Waals surface area contributed by atoms with Gasteiger partial charge in [-0.25, -0.2) is 10.4 Å². The van der Waals surface area contributed by atoms with Gasteiger partial charge in [-0.05, 0) is 46.2 Å². The summed E-state index contributed by atoms with van der Waals surface area (Å²) in [6.07, 6.45) is 1.45. The van der Waals surface area contributed by atoms with Crippen LogP contribution in [0.15, 0.2) is 16.3 Å². The van der Waals surface area contributed by atoms with Crippen molar-refractivity contribution < 1.29 is 4.74 Å². The molecule has 2 rings (SSSR count). The average Bonchev–Trinajstić information content (AvgIpc) is 2.97. The molecule has 4 N–H and O–H groups in total. The maximum absolute atomic E-state index is 6.12. The summed E-state index contributed by atoms with van der Waals surface area (Å²) in [6, 6.07) is 0.101. The van der Waals surface area contributed by atoms with Crippen molar-refractivity contribution in [1.29, 1.82) is 0 Å². The first-order valence-electron chi connectivity index (χ1n) is 6.97. The maximum atomic E-state index is 6.12. The van der Waals surface area contributed by atoms with Crippen molar-refractivity contribution in [2.45, 2.75) is 52.4 Å². The molecule has 0 bridgehead atoms. The highest BCUT2D eigenvalue weighted by atomic mass is 16.5. The fourth-order valence-electron chi connectivity index (χ4n) is 2.34. The van der Waals surface area contributed by atoms with Gasteiger partial charge in [-0.3, -0.25) is 5.43 Å². The van der Waals surface area contributed by atoms with Crippen LogP contribution in [0.25, 0.3) is 0 Å². The number of guanidine groups is 1. The van der Waals surface area contributed by atoms with Gasteiger partial charge in [0, 0.05) is 6.54 Å². The van der Waals surface area contributed by atoms with E-state index in [1.54, 1.807) is 0 Å². The van der Waals surface area contributed by atoms with Gasteiger partial charge in [-0.2, -0.15) is 0 Å². The Morgan fingerprint density at radius 3 is 2.79 bits per heavy atom. The van der Waals surface area contributed by atoms with Crippen molar-refractivity contribution in [2.75, 3.05) is 13.1 Å². The predicted molar refractivity (Wildman–Crippen MR) is 76.5 cm³/mol. The van der Waals surface area contributed by atoms with Crippen molar-refractivity contribution in [3.8, 4) is 0 Å². The zero-order chi connectivity index (χ0) is 13.8. The quantitative estimate of drug-likeness (QED) is 0.557. The van der Waals surface area contributed by atoms with Gasteiger partial charge in [0.25, 0.3) is 0 Å². The van der Waals surface area contributed by atoms with Gasteiger partial charge in [-0.1, -0.05) is 0 Å². The van der Waals surface area contributed by atoms with Crippen LogP contribution in [0.5, 0.6) is 0 Å². The summed E-state index contributed by atoms with van der Waals surface area (Å²) in [7, 11) is 0. The van der Waals surface area contributed by atoms with Gasteiger partial charge in [0.1, 0.15) is 18.0 Å². The number of ether oxygens (including phenoxy) is 1. The molecule has 108 valence electrons. The minimum absolute atomic E-state index is 0.101. The summed E-state index contributed by atoms with van der Waals surface area (Å²) in [6.45, 7) is 10.2. The lowest BCUT2D eigenvalue weighted by atomic mass is 10.1. The lowest BCUT2D eigenvalue weighted by molar-refractivity contribution is 0.116. The summed E-state index contributed by atoms with van der Waals surface area (Å²) >= 11 is 0. The Kier molecular flexibility index (Phi) is 4.66. The molecule has 1 saturated heterocycles. The Bertz CT molecular complexity index is 369. The molecule has 0 aliphatic carbocycles. The second-order valence-corrected chi connectivity index (χ2v) is 5.39. The highest BCUT2D eigenvalue weighted by Gasteiger charge is 2.22. The molecular weight excluding hydrogens is 242 g/mol. The number of aliphatic imine (C=N–C) groups is 1. The Hall–Kier alpha value is -1.27. The van der Waals surface area contributed by atoms with Crippen LogP contribution < -0.4 is 21.5 Å². The van der Waals surface area contributed by atoms with Gasteiger partial charge < -0.3 is 15.4 Å². The molecule has 0 saturated carbocycles. The third kappa shape index (κ3) is 3.84. The monoisotopic (exact) mass is 267 g/mol. The number of hydrazine groups is 1. The summed E-state index contributed by atoms with van der Waals surface area (Å²) in [5.41, 5.74) is 7.26. The summed E-state index contributed by atoms with van der Waals surface area (Å²) in [4.78, 5) is 4.39. The highest BCUT2D eigenvalue weighted by molar-refractivity contribution is 5.81. The van der Waals surface area contributed by atoms with Gasteiger partial charge in [0.2, 0.25) is 5.96 Å². The van der Waals surface area contributed by atoms with Crippen molar-refractivity contribution >= 4 is 5.96 Å². The molecule has 0 spiro atoms. The molecule has 0 aromatic rings. The molecule has 0 aromatic heterocycles. The lowest BCUT2D eigenvalue weighted by Gasteiger charge is -2.24. The molecule has 2 aliphatic heterocycles. The number of allylic oxidation sites excluding steroid dienone is 1. The van der Waals surface area contributed by atoms with E-state index in [2.05, 4.69) is 47.2 Å². The molecule has 2 heterocycles. The molecule has 6 nitrogen and oxygen atoms in total. The van der Waals surface area contributed by atoms with Gasteiger partial charge >= 0.3 is 0 Å². The molecule has 2 unspecified atom stereocenters. The molecule has 0 amide bonds. The minimum atomic E-state index is 0.101. The SMILES string of the molecule is CC(C)=C(O[C@@H]1CCNC1)C(C)NC1=NC(C)NN1. The molecular formula is C13H25N5O. The van der Waals surface area contributed by atoms with Crippen molar-refractivity contribution in [3.63, 3.8) is 0 Å². The second kappa shape index (κ2) is 6.25. The normalized spacial score (nSPS) is 27.5. The summed E-state index contributed by atoms with van der Waals surface area (Å²) in [5, 5.41) is 6.66.